The van der Waals surface area contributed by atoms with Gasteiger partial charge in [0.25, 0.3) is 0 Å². The van der Waals surface area contributed by atoms with Crippen LogP contribution in [0.5, 0.6) is 0 Å². The van der Waals surface area contributed by atoms with Crippen molar-refractivity contribution in [2.75, 3.05) is 13.2 Å². The van der Waals surface area contributed by atoms with Crippen molar-refractivity contribution in [1.82, 2.24) is 0 Å². The summed E-state index contributed by atoms with van der Waals surface area (Å²) in [5.74, 6) is 0.132. The van der Waals surface area contributed by atoms with E-state index in [0.29, 0.717) is 13.0 Å². The zero-order chi connectivity index (χ0) is 11.7. The van der Waals surface area contributed by atoms with Crippen molar-refractivity contribution < 1.29 is 22.7 Å². The highest BCUT2D eigenvalue weighted by molar-refractivity contribution is 5.75. The van der Waals surface area contributed by atoms with Crippen LogP contribution in [0.3, 0.4) is 0 Å². The van der Waals surface area contributed by atoms with E-state index in [4.69, 9.17) is 4.74 Å². The van der Waals surface area contributed by atoms with Gasteiger partial charge >= 0.3 is 6.18 Å². The first-order valence-corrected chi connectivity index (χ1v) is 5.06. The van der Waals surface area contributed by atoms with Gasteiger partial charge in [-0.1, -0.05) is 0 Å². The third kappa shape index (κ3) is 13.4. The molecule has 5 heteroatoms. The molecule has 0 bridgehead atoms. The van der Waals surface area contributed by atoms with Crippen molar-refractivity contribution in [3.63, 3.8) is 0 Å². The van der Waals surface area contributed by atoms with Crippen LogP contribution >= 0.6 is 0 Å². The Balaban J connectivity index is 3.09. The summed E-state index contributed by atoms with van der Waals surface area (Å²) in [4.78, 5) is 10.5. The minimum atomic E-state index is -4.09. The molecule has 90 valence electrons. The number of ketones is 1. The highest BCUT2D eigenvalue weighted by Crippen LogP contribution is 2.20. The minimum Gasteiger partial charge on any atom is -0.381 e. The molecule has 0 N–H and O–H groups in total. The number of hydrogen-bond donors (Lipinski definition) is 0. The largest absolute Gasteiger partial charge is 0.389 e. The van der Waals surface area contributed by atoms with Gasteiger partial charge in [-0.15, -0.1) is 0 Å². The second-order valence-corrected chi connectivity index (χ2v) is 3.49. The zero-order valence-corrected chi connectivity index (χ0v) is 8.90. The second kappa shape index (κ2) is 7.68. The van der Waals surface area contributed by atoms with Gasteiger partial charge in [0.1, 0.15) is 5.78 Å². The van der Waals surface area contributed by atoms with E-state index in [9.17, 15) is 18.0 Å². The Hall–Kier alpha value is -0.580. The van der Waals surface area contributed by atoms with E-state index in [1.165, 1.54) is 6.92 Å². The normalized spacial score (nSPS) is 11.7. The molecule has 0 amide bonds. The van der Waals surface area contributed by atoms with Crippen molar-refractivity contribution >= 4 is 5.78 Å². The van der Waals surface area contributed by atoms with Crippen LogP contribution in [0.25, 0.3) is 0 Å². The quantitative estimate of drug-likeness (QED) is 0.594. The van der Waals surface area contributed by atoms with Crippen LogP contribution in [0.2, 0.25) is 0 Å². The lowest BCUT2D eigenvalue weighted by Crippen LogP contribution is -2.09. The first-order valence-electron chi connectivity index (χ1n) is 5.06. The molecular formula is C10H17F3O2. The fraction of sp³-hybridized carbons (Fsp3) is 0.900. The average Bonchev–Trinajstić information content (AvgIpc) is 2.07. The maximum absolute atomic E-state index is 11.7. The number of hydrogen-bond acceptors (Lipinski definition) is 2. The van der Waals surface area contributed by atoms with E-state index in [2.05, 4.69) is 0 Å². The molecule has 2 nitrogen and oxygen atoms in total. The molecule has 0 aliphatic carbocycles. The Morgan fingerprint density at radius 2 is 1.73 bits per heavy atom. The van der Waals surface area contributed by atoms with Crippen molar-refractivity contribution in [3.05, 3.63) is 0 Å². The van der Waals surface area contributed by atoms with Crippen LogP contribution in [0, 0.1) is 0 Å². The fourth-order valence-corrected chi connectivity index (χ4v) is 1.05. The molecule has 0 aliphatic heterocycles. The van der Waals surface area contributed by atoms with E-state index >= 15 is 0 Å². The Bertz CT molecular complexity index is 178. The molecule has 0 rings (SSSR count). The summed E-state index contributed by atoms with van der Waals surface area (Å²) in [6.45, 7) is 2.09. The van der Waals surface area contributed by atoms with Gasteiger partial charge < -0.3 is 9.53 Å². The number of unbranched alkanes of at least 4 members (excludes halogenated alkanes) is 1. The summed E-state index contributed by atoms with van der Waals surface area (Å²) in [6, 6.07) is 0. The van der Waals surface area contributed by atoms with Crippen molar-refractivity contribution in [1.29, 1.82) is 0 Å². The SMILES string of the molecule is CC(=O)CCCCOCCCC(F)(F)F. The number of halogens is 3. The molecule has 0 fully saturated rings. The number of rotatable bonds is 8. The third-order valence-corrected chi connectivity index (χ3v) is 1.82. The summed E-state index contributed by atoms with van der Waals surface area (Å²) in [7, 11) is 0. The molecule has 0 radical (unpaired) electrons. The van der Waals surface area contributed by atoms with Gasteiger partial charge in [-0.3, -0.25) is 0 Å². The molecule has 0 aromatic heterocycles. The van der Waals surface area contributed by atoms with Crippen LogP contribution in [-0.2, 0) is 9.53 Å². The van der Waals surface area contributed by atoms with E-state index in [0.717, 1.165) is 12.8 Å². The van der Waals surface area contributed by atoms with Crippen LogP contribution in [0.15, 0.2) is 0 Å². The monoisotopic (exact) mass is 226 g/mol. The summed E-state index contributed by atoms with van der Waals surface area (Å²) in [5.41, 5.74) is 0. The summed E-state index contributed by atoms with van der Waals surface area (Å²) in [5, 5.41) is 0. The average molecular weight is 226 g/mol. The molecular weight excluding hydrogens is 209 g/mol. The van der Waals surface area contributed by atoms with E-state index < -0.39 is 12.6 Å². The van der Waals surface area contributed by atoms with Gasteiger partial charge in [0.2, 0.25) is 0 Å². The van der Waals surface area contributed by atoms with Gasteiger partial charge in [0.15, 0.2) is 0 Å². The standard InChI is InChI=1S/C10H17F3O2/c1-9(14)5-2-3-7-15-8-4-6-10(11,12)13/h2-8H2,1H3. The van der Waals surface area contributed by atoms with E-state index in [-0.39, 0.29) is 18.8 Å². The Kier molecular flexibility index (Phi) is 7.38. The highest BCUT2D eigenvalue weighted by atomic mass is 19.4. The smallest absolute Gasteiger partial charge is 0.381 e. The van der Waals surface area contributed by atoms with Crippen molar-refractivity contribution in [3.8, 4) is 0 Å². The minimum absolute atomic E-state index is 0.0101. The number of alkyl halides is 3. The summed E-state index contributed by atoms with van der Waals surface area (Å²) < 4.78 is 40.0. The molecule has 15 heavy (non-hydrogen) atoms. The van der Waals surface area contributed by atoms with Crippen molar-refractivity contribution in [2.45, 2.75) is 45.2 Å². The lowest BCUT2D eigenvalue weighted by atomic mass is 10.2. The number of carbonyl (C=O) groups is 1. The predicted molar refractivity (Wildman–Crippen MR) is 50.6 cm³/mol. The van der Waals surface area contributed by atoms with Crippen LogP contribution in [-0.4, -0.2) is 25.2 Å². The fourth-order valence-electron chi connectivity index (χ4n) is 1.05. The van der Waals surface area contributed by atoms with E-state index in [1.807, 2.05) is 0 Å². The molecule has 0 saturated heterocycles. The van der Waals surface area contributed by atoms with Gasteiger partial charge in [0.05, 0.1) is 0 Å². The maximum atomic E-state index is 11.7. The Morgan fingerprint density at radius 3 is 2.27 bits per heavy atom. The lowest BCUT2D eigenvalue weighted by molar-refractivity contribution is -0.138. The maximum Gasteiger partial charge on any atom is 0.389 e. The molecule has 0 heterocycles. The molecule has 0 aliphatic rings. The van der Waals surface area contributed by atoms with Crippen molar-refractivity contribution in [2.24, 2.45) is 0 Å². The van der Waals surface area contributed by atoms with Gasteiger partial charge in [-0.05, 0) is 26.2 Å². The first-order chi connectivity index (χ1) is 6.92. The number of carbonyl (C=O) groups excluding carboxylic acids is 1. The van der Waals surface area contributed by atoms with Crippen LogP contribution in [0.4, 0.5) is 13.2 Å². The van der Waals surface area contributed by atoms with Crippen LogP contribution in [0.1, 0.15) is 39.0 Å². The molecule has 0 unspecified atom stereocenters. The Labute approximate surface area is 87.8 Å². The third-order valence-electron chi connectivity index (χ3n) is 1.82. The first kappa shape index (κ1) is 14.4. The molecule has 0 spiro atoms. The summed E-state index contributed by atoms with van der Waals surface area (Å²) in [6.07, 6.45) is -2.87. The molecule has 0 saturated carbocycles. The molecule has 0 aromatic carbocycles. The molecule has 0 atom stereocenters. The highest BCUT2D eigenvalue weighted by Gasteiger charge is 2.25. The van der Waals surface area contributed by atoms with Gasteiger partial charge in [0, 0.05) is 26.1 Å². The lowest BCUT2D eigenvalue weighted by Gasteiger charge is -2.06. The second-order valence-electron chi connectivity index (χ2n) is 3.49. The molecule has 0 aromatic rings. The Morgan fingerprint density at radius 1 is 1.13 bits per heavy atom. The van der Waals surface area contributed by atoms with Gasteiger partial charge in [-0.25, -0.2) is 0 Å². The number of Topliss-reactive ketones (excluding diaryl/α,β-unsaturated/α-hetero) is 1. The van der Waals surface area contributed by atoms with E-state index in [1.54, 1.807) is 0 Å². The predicted octanol–water partition coefficient (Wildman–Crippen LogP) is 3.10. The van der Waals surface area contributed by atoms with Gasteiger partial charge in [-0.2, -0.15) is 13.2 Å². The summed E-state index contributed by atoms with van der Waals surface area (Å²) >= 11 is 0. The number of ether oxygens (including phenoxy) is 1. The zero-order valence-electron chi connectivity index (χ0n) is 8.90. The van der Waals surface area contributed by atoms with Crippen LogP contribution < -0.4 is 0 Å². The topological polar surface area (TPSA) is 26.3 Å².